The van der Waals surface area contributed by atoms with Gasteiger partial charge in [-0.25, -0.2) is 0 Å². The molecule has 0 amide bonds. The molecule has 0 heterocycles. The average molecular weight is 343 g/mol. The molecule has 24 heavy (non-hydrogen) atoms. The van der Waals surface area contributed by atoms with Crippen molar-refractivity contribution in [1.29, 1.82) is 0 Å². The Balaban J connectivity index is 0. The van der Waals surface area contributed by atoms with Gasteiger partial charge in [0.05, 0.1) is 12.1 Å². The molecule has 4 N–H and O–H groups in total. The van der Waals surface area contributed by atoms with Crippen LogP contribution in [0.2, 0.25) is 0 Å². The predicted octanol–water partition coefficient (Wildman–Crippen LogP) is 4.24. The Bertz CT molecular complexity index is 296. The fraction of sp³-hybridized carbons (Fsp3) is 0.900. The maximum Gasteiger partial charge on any atom is 0.152 e. The van der Waals surface area contributed by atoms with Crippen molar-refractivity contribution in [3.8, 4) is 0 Å². The lowest BCUT2D eigenvalue weighted by atomic mass is 9.98. The Hall–Kier alpha value is -0.740. The number of ketones is 2. The molecule has 0 unspecified atom stereocenters. The number of unbranched alkanes of at least 4 members (excludes halogenated alkanes) is 4. The van der Waals surface area contributed by atoms with E-state index in [9.17, 15) is 9.59 Å². The monoisotopic (exact) mass is 342 g/mol. The van der Waals surface area contributed by atoms with Gasteiger partial charge in [0.25, 0.3) is 0 Å². The summed E-state index contributed by atoms with van der Waals surface area (Å²) in [7, 11) is 0. The Labute approximate surface area is 150 Å². The fourth-order valence-corrected chi connectivity index (χ4v) is 2.37. The molecule has 0 radical (unpaired) electrons. The first kappa shape index (κ1) is 25.5. The van der Waals surface area contributed by atoms with E-state index in [1.165, 1.54) is 25.7 Å². The van der Waals surface area contributed by atoms with Crippen LogP contribution in [0.15, 0.2) is 0 Å². The second-order valence-corrected chi connectivity index (χ2v) is 7.32. The molecule has 0 aliphatic carbocycles. The van der Waals surface area contributed by atoms with Gasteiger partial charge in [-0.05, 0) is 12.8 Å². The lowest BCUT2D eigenvalue weighted by Gasteiger charge is -2.12. The molecule has 4 heteroatoms. The van der Waals surface area contributed by atoms with Crippen LogP contribution < -0.4 is 11.5 Å². The predicted molar refractivity (Wildman–Crippen MR) is 104 cm³/mol. The summed E-state index contributed by atoms with van der Waals surface area (Å²) < 4.78 is 0. The first-order valence-electron chi connectivity index (χ1n) is 9.77. The van der Waals surface area contributed by atoms with Crippen LogP contribution in [0.25, 0.3) is 0 Å². The van der Waals surface area contributed by atoms with Crippen molar-refractivity contribution in [3.05, 3.63) is 0 Å². The Morgan fingerprint density at radius 2 is 0.958 bits per heavy atom. The van der Waals surface area contributed by atoms with Gasteiger partial charge in [-0.3, -0.25) is 9.59 Å². The number of hydrogen-bond acceptors (Lipinski definition) is 4. The van der Waals surface area contributed by atoms with E-state index in [0.29, 0.717) is 0 Å². The minimum atomic E-state index is -0.225. The van der Waals surface area contributed by atoms with Crippen LogP contribution in [0.4, 0.5) is 0 Å². The molecule has 0 aliphatic rings. The zero-order chi connectivity index (χ0) is 19.1. The molecule has 2 atom stereocenters. The topological polar surface area (TPSA) is 86.2 Å². The first-order chi connectivity index (χ1) is 11.2. The molecule has 0 aliphatic heterocycles. The van der Waals surface area contributed by atoms with Crippen LogP contribution in [-0.4, -0.2) is 23.7 Å². The Morgan fingerprint density at radius 3 is 1.17 bits per heavy atom. The summed E-state index contributed by atoms with van der Waals surface area (Å²) in [5.41, 5.74) is 11.4. The van der Waals surface area contributed by atoms with Crippen molar-refractivity contribution in [2.75, 3.05) is 0 Å². The SMILES string of the molecule is CCCCC[C@@H](N)C(=O)C(C)C.CCCCC[C@H](N)C(=O)C(C)C. The average Bonchev–Trinajstić information content (AvgIpc) is 2.53. The van der Waals surface area contributed by atoms with Gasteiger partial charge in [0.15, 0.2) is 11.6 Å². The van der Waals surface area contributed by atoms with Crippen molar-refractivity contribution in [1.82, 2.24) is 0 Å². The molecule has 4 nitrogen and oxygen atoms in total. The van der Waals surface area contributed by atoms with Gasteiger partial charge in [0, 0.05) is 11.8 Å². The summed E-state index contributed by atoms with van der Waals surface area (Å²) in [6.07, 6.45) is 8.59. The van der Waals surface area contributed by atoms with Crippen molar-refractivity contribution in [3.63, 3.8) is 0 Å². The van der Waals surface area contributed by atoms with Crippen LogP contribution in [0.1, 0.15) is 92.9 Å². The molecule has 0 aromatic carbocycles. The number of carbonyl (C=O) groups excluding carboxylic acids is 2. The highest BCUT2D eigenvalue weighted by Gasteiger charge is 2.16. The van der Waals surface area contributed by atoms with Crippen LogP contribution in [0.5, 0.6) is 0 Å². The van der Waals surface area contributed by atoms with Gasteiger partial charge in [-0.2, -0.15) is 0 Å². The second kappa shape index (κ2) is 15.8. The quantitative estimate of drug-likeness (QED) is 0.519. The van der Waals surface area contributed by atoms with Crippen molar-refractivity contribution < 1.29 is 9.59 Å². The number of rotatable bonds is 12. The zero-order valence-electron chi connectivity index (χ0n) is 16.9. The lowest BCUT2D eigenvalue weighted by Crippen LogP contribution is -2.33. The molecular formula is C20H42N2O2. The van der Waals surface area contributed by atoms with Gasteiger partial charge in [-0.1, -0.05) is 80.1 Å². The molecule has 0 aromatic heterocycles. The highest BCUT2D eigenvalue weighted by Crippen LogP contribution is 2.07. The molecule has 0 fully saturated rings. The van der Waals surface area contributed by atoms with Crippen LogP contribution in [0.3, 0.4) is 0 Å². The zero-order valence-corrected chi connectivity index (χ0v) is 16.9. The maximum atomic E-state index is 11.3. The minimum absolute atomic E-state index is 0.0848. The Morgan fingerprint density at radius 1 is 0.667 bits per heavy atom. The summed E-state index contributed by atoms with van der Waals surface area (Å²) in [4.78, 5) is 22.6. The van der Waals surface area contributed by atoms with E-state index < -0.39 is 0 Å². The number of Topliss-reactive ketones (excluding diaryl/α,β-unsaturated/α-hetero) is 2. The summed E-state index contributed by atoms with van der Waals surface area (Å²) >= 11 is 0. The molecular weight excluding hydrogens is 300 g/mol. The van der Waals surface area contributed by atoms with E-state index in [-0.39, 0.29) is 35.5 Å². The molecule has 0 saturated heterocycles. The van der Waals surface area contributed by atoms with E-state index in [4.69, 9.17) is 11.5 Å². The highest BCUT2D eigenvalue weighted by molar-refractivity contribution is 5.85. The third-order valence-corrected chi connectivity index (χ3v) is 4.11. The molecule has 0 saturated carbocycles. The number of carbonyl (C=O) groups is 2. The van der Waals surface area contributed by atoms with Crippen molar-refractivity contribution in [2.24, 2.45) is 23.3 Å². The molecule has 0 rings (SSSR count). The number of hydrogen-bond donors (Lipinski definition) is 2. The van der Waals surface area contributed by atoms with E-state index in [1.54, 1.807) is 0 Å². The summed E-state index contributed by atoms with van der Waals surface area (Å²) in [6.45, 7) is 11.9. The highest BCUT2D eigenvalue weighted by atomic mass is 16.1. The van der Waals surface area contributed by atoms with Gasteiger partial charge in [0.1, 0.15) is 0 Å². The van der Waals surface area contributed by atoms with E-state index in [1.807, 2.05) is 27.7 Å². The van der Waals surface area contributed by atoms with E-state index in [2.05, 4.69) is 13.8 Å². The summed E-state index contributed by atoms with van der Waals surface area (Å²) in [5.74, 6) is 0.570. The number of nitrogens with two attached hydrogens (primary N) is 2. The molecule has 0 spiro atoms. The summed E-state index contributed by atoms with van der Waals surface area (Å²) in [5, 5.41) is 0. The van der Waals surface area contributed by atoms with Gasteiger partial charge in [-0.15, -0.1) is 0 Å². The normalized spacial score (nSPS) is 13.4. The third kappa shape index (κ3) is 13.7. The van der Waals surface area contributed by atoms with Gasteiger partial charge >= 0.3 is 0 Å². The second-order valence-electron chi connectivity index (χ2n) is 7.32. The smallest absolute Gasteiger partial charge is 0.152 e. The van der Waals surface area contributed by atoms with Crippen LogP contribution in [-0.2, 0) is 9.59 Å². The first-order valence-corrected chi connectivity index (χ1v) is 9.77. The van der Waals surface area contributed by atoms with Crippen molar-refractivity contribution in [2.45, 2.75) is 105 Å². The van der Waals surface area contributed by atoms with Crippen molar-refractivity contribution >= 4 is 11.6 Å². The van der Waals surface area contributed by atoms with Crippen LogP contribution in [0, 0.1) is 11.8 Å². The minimum Gasteiger partial charge on any atom is -0.321 e. The maximum absolute atomic E-state index is 11.3. The third-order valence-electron chi connectivity index (χ3n) is 4.11. The molecule has 0 aromatic rings. The Kier molecular flexibility index (Phi) is 16.8. The lowest BCUT2D eigenvalue weighted by molar-refractivity contribution is -0.124. The standard InChI is InChI=1S/2C10H21NO/c2*1-4-5-6-7-9(11)10(12)8(2)3/h2*8-9H,4-7,11H2,1-3H3/t2*9-/m10/s1. The molecule has 144 valence electrons. The fourth-order valence-electron chi connectivity index (χ4n) is 2.37. The van der Waals surface area contributed by atoms with Gasteiger partial charge in [0.2, 0.25) is 0 Å². The van der Waals surface area contributed by atoms with E-state index in [0.717, 1.165) is 25.7 Å². The molecule has 0 bridgehead atoms. The van der Waals surface area contributed by atoms with E-state index >= 15 is 0 Å². The largest absolute Gasteiger partial charge is 0.321 e. The summed E-state index contributed by atoms with van der Waals surface area (Å²) in [6, 6.07) is -0.451. The van der Waals surface area contributed by atoms with Crippen LogP contribution >= 0.6 is 0 Å². The van der Waals surface area contributed by atoms with Gasteiger partial charge < -0.3 is 11.5 Å².